The molecule has 1 aromatic carbocycles. The number of phenolic OH excluding ortho intramolecular Hbond substituents is 1. The second-order valence-electron chi connectivity index (χ2n) is 4.75. The fraction of sp³-hybridized carbons (Fsp3) is 0.333. The Labute approximate surface area is 112 Å². The predicted molar refractivity (Wildman–Crippen MR) is 75.6 cm³/mol. The minimum atomic E-state index is -0.272. The van der Waals surface area contributed by atoms with Crippen molar-refractivity contribution < 1.29 is 9.90 Å². The molecule has 0 saturated carbocycles. The van der Waals surface area contributed by atoms with Crippen LogP contribution in [0.15, 0.2) is 12.1 Å². The largest absolute Gasteiger partial charge is 0.505 e. The molecule has 2 aromatic rings. The Morgan fingerprint density at radius 2 is 1.89 bits per heavy atom. The third-order valence-corrected chi connectivity index (χ3v) is 3.16. The Balaban J connectivity index is 2.78. The van der Waals surface area contributed by atoms with Crippen molar-refractivity contribution >= 4 is 16.8 Å². The molecule has 1 heterocycles. The van der Waals surface area contributed by atoms with E-state index < -0.39 is 0 Å². The summed E-state index contributed by atoms with van der Waals surface area (Å²) in [5.41, 5.74) is 3.60. The Morgan fingerprint density at radius 1 is 1.26 bits per heavy atom. The highest BCUT2D eigenvalue weighted by Crippen LogP contribution is 2.32. The molecule has 0 unspecified atom stereocenters. The molecule has 0 atom stereocenters. The number of hydrogen-bond donors (Lipinski definition) is 2. The molecular formula is C15H18N2O2. The summed E-state index contributed by atoms with van der Waals surface area (Å²) in [6, 6.07) is 3.69. The standard InChI is InChI=1S/C15H18N2O2/c1-5-16-15(19)11-7-9(3)12-8(2)6-10(4)17-13(12)14(11)18/h6-7,18H,5H2,1-4H3,(H,16,19). The maximum absolute atomic E-state index is 11.9. The van der Waals surface area contributed by atoms with E-state index >= 15 is 0 Å². The molecule has 0 bridgehead atoms. The summed E-state index contributed by atoms with van der Waals surface area (Å²) in [6.07, 6.45) is 0. The van der Waals surface area contributed by atoms with Gasteiger partial charge in [-0.25, -0.2) is 4.98 Å². The molecule has 0 spiro atoms. The van der Waals surface area contributed by atoms with Crippen molar-refractivity contribution in [2.75, 3.05) is 6.54 Å². The van der Waals surface area contributed by atoms with Crippen LogP contribution < -0.4 is 5.32 Å². The average molecular weight is 258 g/mol. The zero-order valence-corrected chi connectivity index (χ0v) is 11.7. The Morgan fingerprint density at radius 3 is 2.53 bits per heavy atom. The van der Waals surface area contributed by atoms with Gasteiger partial charge in [0, 0.05) is 17.6 Å². The van der Waals surface area contributed by atoms with E-state index in [1.54, 1.807) is 6.07 Å². The molecule has 4 heteroatoms. The molecule has 0 aliphatic carbocycles. The van der Waals surface area contributed by atoms with Crippen molar-refractivity contribution in [3.63, 3.8) is 0 Å². The molecule has 19 heavy (non-hydrogen) atoms. The van der Waals surface area contributed by atoms with Crippen LogP contribution in [0.2, 0.25) is 0 Å². The quantitative estimate of drug-likeness (QED) is 0.870. The van der Waals surface area contributed by atoms with Crippen LogP contribution in [-0.2, 0) is 0 Å². The maximum atomic E-state index is 11.9. The normalized spacial score (nSPS) is 10.7. The molecule has 0 aliphatic heterocycles. The molecule has 1 amide bonds. The third kappa shape index (κ3) is 2.26. The fourth-order valence-corrected chi connectivity index (χ4v) is 2.42. The monoisotopic (exact) mass is 258 g/mol. The van der Waals surface area contributed by atoms with Crippen molar-refractivity contribution in [2.24, 2.45) is 0 Å². The van der Waals surface area contributed by atoms with E-state index in [1.807, 2.05) is 33.8 Å². The van der Waals surface area contributed by atoms with Gasteiger partial charge >= 0.3 is 0 Å². The summed E-state index contributed by atoms with van der Waals surface area (Å²) in [5.74, 6) is -0.315. The summed E-state index contributed by atoms with van der Waals surface area (Å²) < 4.78 is 0. The van der Waals surface area contributed by atoms with E-state index in [1.165, 1.54) is 0 Å². The van der Waals surface area contributed by atoms with Gasteiger partial charge in [-0.3, -0.25) is 4.79 Å². The van der Waals surface area contributed by atoms with Crippen LogP contribution in [0.1, 0.15) is 34.1 Å². The smallest absolute Gasteiger partial charge is 0.255 e. The first-order valence-electron chi connectivity index (χ1n) is 6.34. The number of benzene rings is 1. The number of aryl methyl sites for hydroxylation is 3. The number of aromatic nitrogens is 1. The Kier molecular flexibility index (Phi) is 3.42. The summed E-state index contributed by atoms with van der Waals surface area (Å²) in [4.78, 5) is 16.3. The van der Waals surface area contributed by atoms with Crippen LogP contribution in [0.3, 0.4) is 0 Å². The molecule has 2 N–H and O–H groups in total. The van der Waals surface area contributed by atoms with Crippen LogP contribution in [0.25, 0.3) is 10.9 Å². The third-order valence-electron chi connectivity index (χ3n) is 3.16. The molecule has 1 aromatic heterocycles. The topological polar surface area (TPSA) is 62.2 Å². The molecule has 0 radical (unpaired) electrons. The Bertz CT molecular complexity index is 663. The number of amides is 1. The fourth-order valence-electron chi connectivity index (χ4n) is 2.42. The predicted octanol–water partition coefficient (Wildman–Crippen LogP) is 2.62. The van der Waals surface area contributed by atoms with Gasteiger partial charge < -0.3 is 10.4 Å². The number of carbonyl (C=O) groups is 1. The number of fused-ring (bicyclic) bond motifs is 1. The SMILES string of the molecule is CCNC(=O)c1cc(C)c2c(C)cc(C)nc2c1O. The minimum Gasteiger partial charge on any atom is -0.505 e. The second-order valence-corrected chi connectivity index (χ2v) is 4.75. The van der Waals surface area contributed by atoms with Gasteiger partial charge in [-0.2, -0.15) is 0 Å². The molecule has 4 nitrogen and oxygen atoms in total. The minimum absolute atomic E-state index is 0.0432. The van der Waals surface area contributed by atoms with Crippen LogP contribution in [0, 0.1) is 20.8 Å². The second kappa shape index (κ2) is 4.88. The molecule has 100 valence electrons. The first-order chi connectivity index (χ1) is 8.95. The lowest BCUT2D eigenvalue weighted by atomic mass is 9.99. The molecule has 0 saturated heterocycles. The van der Waals surface area contributed by atoms with Gasteiger partial charge in [0.15, 0.2) is 5.75 Å². The van der Waals surface area contributed by atoms with E-state index in [9.17, 15) is 9.90 Å². The average Bonchev–Trinajstić information content (AvgIpc) is 2.33. The number of aromatic hydroxyl groups is 1. The molecule has 0 fully saturated rings. The van der Waals surface area contributed by atoms with Gasteiger partial charge in [0.05, 0.1) is 5.56 Å². The molecular weight excluding hydrogens is 240 g/mol. The first kappa shape index (κ1) is 13.3. The van der Waals surface area contributed by atoms with Crippen molar-refractivity contribution in [3.05, 3.63) is 34.5 Å². The van der Waals surface area contributed by atoms with Crippen LogP contribution in [0.4, 0.5) is 0 Å². The van der Waals surface area contributed by atoms with Crippen molar-refractivity contribution in [1.29, 1.82) is 0 Å². The number of hydrogen-bond acceptors (Lipinski definition) is 3. The highest BCUT2D eigenvalue weighted by atomic mass is 16.3. The lowest BCUT2D eigenvalue weighted by molar-refractivity contribution is 0.0953. The van der Waals surface area contributed by atoms with E-state index in [-0.39, 0.29) is 17.2 Å². The van der Waals surface area contributed by atoms with E-state index in [2.05, 4.69) is 10.3 Å². The lowest BCUT2D eigenvalue weighted by Crippen LogP contribution is -2.23. The zero-order chi connectivity index (χ0) is 14.2. The van der Waals surface area contributed by atoms with Crippen LogP contribution >= 0.6 is 0 Å². The number of nitrogens with one attached hydrogen (secondary N) is 1. The molecule has 0 aliphatic rings. The van der Waals surface area contributed by atoms with Gasteiger partial charge in [0.25, 0.3) is 5.91 Å². The number of nitrogens with zero attached hydrogens (tertiary/aromatic N) is 1. The summed E-state index contributed by atoms with van der Waals surface area (Å²) in [5, 5.41) is 13.9. The number of pyridine rings is 1. The Hall–Kier alpha value is -2.10. The summed E-state index contributed by atoms with van der Waals surface area (Å²) in [7, 11) is 0. The van der Waals surface area contributed by atoms with E-state index in [0.717, 1.165) is 22.2 Å². The van der Waals surface area contributed by atoms with Crippen molar-refractivity contribution in [3.8, 4) is 5.75 Å². The maximum Gasteiger partial charge on any atom is 0.255 e. The van der Waals surface area contributed by atoms with Crippen LogP contribution in [0.5, 0.6) is 5.75 Å². The zero-order valence-electron chi connectivity index (χ0n) is 11.7. The number of rotatable bonds is 2. The van der Waals surface area contributed by atoms with E-state index in [0.29, 0.717) is 12.1 Å². The van der Waals surface area contributed by atoms with Crippen molar-refractivity contribution in [1.82, 2.24) is 10.3 Å². The molecule has 2 rings (SSSR count). The van der Waals surface area contributed by atoms with Crippen molar-refractivity contribution in [2.45, 2.75) is 27.7 Å². The summed E-state index contributed by atoms with van der Waals surface area (Å²) in [6.45, 7) is 8.15. The highest BCUT2D eigenvalue weighted by molar-refractivity contribution is 6.04. The van der Waals surface area contributed by atoms with Crippen LogP contribution in [-0.4, -0.2) is 22.5 Å². The first-order valence-corrected chi connectivity index (χ1v) is 6.34. The van der Waals surface area contributed by atoms with Gasteiger partial charge in [0.2, 0.25) is 0 Å². The summed E-state index contributed by atoms with van der Waals surface area (Å²) >= 11 is 0. The number of phenols is 1. The van der Waals surface area contributed by atoms with Gasteiger partial charge in [-0.1, -0.05) is 0 Å². The van der Waals surface area contributed by atoms with E-state index in [4.69, 9.17) is 0 Å². The van der Waals surface area contributed by atoms with Gasteiger partial charge in [-0.05, 0) is 51.0 Å². The lowest BCUT2D eigenvalue weighted by Gasteiger charge is -2.12. The number of carbonyl (C=O) groups excluding carboxylic acids is 1. The van der Waals surface area contributed by atoms with Gasteiger partial charge in [0.1, 0.15) is 5.52 Å². The van der Waals surface area contributed by atoms with Gasteiger partial charge in [-0.15, -0.1) is 0 Å². The highest BCUT2D eigenvalue weighted by Gasteiger charge is 2.17.